The SMILES string of the molecule is CNC1CC(Oc2cccc(Cl)c2F)C12CCCC2. The van der Waals surface area contributed by atoms with Gasteiger partial charge in [-0.1, -0.05) is 30.5 Å². The molecule has 0 heterocycles. The van der Waals surface area contributed by atoms with E-state index >= 15 is 0 Å². The molecule has 0 aromatic heterocycles. The number of nitrogens with one attached hydrogen (secondary N) is 1. The van der Waals surface area contributed by atoms with Crippen molar-refractivity contribution in [3.63, 3.8) is 0 Å². The van der Waals surface area contributed by atoms with Crippen LogP contribution in [0.15, 0.2) is 18.2 Å². The van der Waals surface area contributed by atoms with Crippen LogP contribution < -0.4 is 10.1 Å². The Balaban J connectivity index is 1.79. The second-order valence-electron chi connectivity index (χ2n) is 5.68. The van der Waals surface area contributed by atoms with Crippen LogP contribution >= 0.6 is 11.6 Å². The van der Waals surface area contributed by atoms with E-state index in [0.717, 1.165) is 6.42 Å². The summed E-state index contributed by atoms with van der Waals surface area (Å²) >= 11 is 5.80. The van der Waals surface area contributed by atoms with Gasteiger partial charge in [0.05, 0.1) is 5.02 Å². The number of ether oxygens (including phenoxy) is 1. The van der Waals surface area contributed by atoms with Crippen LogP contribution in [0.25, 0.3) is 0 Å². The van der Waals surface area contributed by atoms with Gasteiger partial charge in [0, 0.05) is 17.9 Å². The Hall–Kier alpha value is -0.800. The van der Waals surface area contributed by atoms with Crippen LogP contribution in [-0.2, 0) is 0 Å². The smallest absolute Gasteiger partial charge is 0.183 e. The Bertz CT molecular complexity index is 473. The fraction of sp³-hybridized carbons (Fsp3) is 0.600. The first-order valence-corrected chi connectivity index (χ1v) is 7.33. The first-order chi connectivity index (χ1) is 9.17. The summed E-state index contributed by atoms with van der Waals surface area (Å²) in [4.78, 5) is 0. The minimum atomic E-state index is -0.440. The second kappa shape index (κ2) is 4.95. The second-order valence-corrected chi connectivity index (χ2v) is 6.08. The van der Waals surface area contributed by atoms with E-state index in [0.29, 0.717) is 11.8 Å². The van der Waals surface area contributed by atoms with E-state index in [4.69, 9.17) is 16.3 Å². The van der Waals surface area contributed by atoms with Crippen LogP contribution in [-0.4, -0.2) is 19.2 Å². The van der Waals surface area contributed by atoms with E-state index in [-0.39, 0.29) is 16.5 Å². The third kappa shape index (κ3) is 2.03. The molecule has 2 fully saturated rings. The molecule has 2 aliphatic rings. The molecule has 104 valence electrons. The molecule has 0 radical (unpaired) electrons. The molecule has 1 spiro atoms. The average Bonchev–Trinajstić information content (AvgIpc) is 2.91. The van der Waals surface area contributed by atoms with E-state index in [2.05, 4.69) is 5.32 Å². The monoisotopic (exact) mass is 283 g/mol. The molecule has 2 atom stereocenters. The Morgan fingerprint density at radius 2 is 2.11 bits per heavy atom. The molecule has 2 saturated carbocycles. The lowest BCUT2D eigenvalue weighted by molar-refractivity contribution is -0.0751. The first kappa shape index (κ1) is 13.2. The summed E-state index contributed by atoms with van der Waals surface area (Å²) in [6, 6.07) is 5.45. The van der Waals surface area contributed by atoms with E-state index in [1.54, 1.807) is 18.2 Å². The van der Waals surface area contributed by atoms with Crippen LogP contribution in [0.5, 0.6) is 5.75 Å². The van der Waals surface area contributed by atoms with Crippen molar-refractivity contribution in [3.8, 4) is 5.75 Å². The minimum Gasteiger partial charge on any atom is -0.487 e. The standard InChI is InChI=1S/C15H19ClFNO/c1-18-12-9-13(15(12)7-2-3-8-15)19-11-6-4-5-10(16)14(11)17/h4-6,12-13,18H,2-3,7-9H2,1H3. The van der Waals surface area contributed by atoms with Crippen LogP contribution in [0.4, 0.5) is 4.39 Å². The normalized spacial score (nSPS) is 28.4. The molecular weight excluding hydrogens is 265 g/mol. The Morgan fingerprint density at radius 1 is 1.37 bits per heavy atom. The number of hydrogen-bond donors (Lipinski definition) is 1. The van der Waals surface area contributed by atoms with Gasteiger partial charge in [-0.05, 0) is 32.0 Å². The van der Waals surface area contributed by atoms with Gasteiger partial charge in [-0.25, -0.2) is 4.39 Å². The van der Waals surface area contributed by atoms with Crippen molar-refractivity contribution in [2.75, 3.05) is 7.05 Å². The van der Waals surface area contributed by atoms with Gasteiger partial charge in [-0.2, -0.15) is 0 Å². The van der Waals surface area contributed by atoms with Crippen molar-refractivity contribution in [1.82, 2.24) is 5.32 Å². The van der Waals surface area contributed by atoms with Gasteiger partial charge in [0.1, 0.15) is 6.10 Å². The van der Waals surface area contributed by atoms with Gasteiger partial charge in [-0.15, -0.1) is 0 Å². The molecule has 0 amide bonds. The summed E-state index contributed by atoms with van der Waals surface area (Å²) in [5.41, 5.74) is 0.198. The molecule has 1 aromatic carbocycles. The summed E-state index contributed by atoms with van der Waals surface area (Å²) in [6.07, 6.45) is 5.89. The molecule has 19 heavy (non-hydrogen) atoms. The van der Waals surface area contributed by atoms with Gasteiger partial charge < -0.3 is 10.1 Å². The molecule has 1 N–H and O–H groups in total. The van der Waals surface area contributed by atoms with Gasteiger partial charge in [0.15, 0.2) is 11.6 Å². The lowest BCUT2D eigenvalue weighted by Crippen LogP contribution is -2.63. The predicted molar refractivity (Wildman–Crippen MR) is 74.2 cm³/mol. The molecular formula is C15H19ClFNO. The van der Waals surface area contributed by atoms with Gasteiger partial charge in [0.2, 0.25) is 0 Å². The van der Waals surface area contributed by atoms with E-state index < -0.39 is 5.82 Å². The van der Waals surface area contributed by atoms with Crippen molar-refractivity contribution < 1.29 is 9.13 Å². The summed E-state index contributed by atoms with van der Waals surface area (Å²) < 4.78 is 19.8. The van der Waals surface area contributed by atoms with Crippen molar-refractivity contribution in [2.24, 2.45) is 5.41 Å². The fourth-order valence-electron chi connectivity index (χ4n) is 3.75. The average molecular weight is 284 g/mol. The summed E-state index contributed by atoms with van der Waals surface area (Å²) in [5.74, 6) is -0.149. The van der Waals surface area contributed by atoms with Gasteiger partial charge in [-0.3, -0.25) is 0 Å². The number of halogens is 2. The quantitative estimate of drug-likeness (QED) is 0.911. The lowest BCUT2D eigenvalue weighted by Gasteiger charge is -2.53. The zero-order chi connectivity index (χ0) is 13.5. The lowest BCUT2D eigenvalue weighted by atomic mass is 9.60. The van der Waals surface area contributed by atoms with Crippen molar-refractivity contribution in [1.29, 1.82) is 0 Å². The van der Waals surface area contributed by atoms with Crippen LogP contribution in [0.3, 0.4) is 0 Å². The van der Waals surface area contributed by atoms with Crippen molar-refractivity contribution in [2.45, 2.75) is 44.2 Å². The first-order valence-electron chi connectivity index (χ1n) is 6.95. The molecule has 1 aromatic rings. The largest absolute Gasteiger partial charge is 0.487 e. The highest BCUT2D eigenvalue weighted by Crippen LogP contribution is 2.54. The Morgan fingerprint density at radius 3 is 2.79 bits per heavy atom. The Kier molecular flexibility index (Phi) is 3.44. The third-order valence-electron chi connectivity index (χ3n) is 4.85. The third-order valence-corrected chi connectivity index (χ3v) is 5.15. The van der Waals surface area contributed by atoms with Gasteiger partial charge in [0.25, 0.3) is 0 Å². The topological polar surface area (TPSA) is 21.3 Å². The van der Waals surface area contributed by atoms with Crippen molar-refractivity contribution >= 4 is 11.6 Å². The summed E-state index contributed by atoms with van der Waals surface area (Å²) in [5, 5.41) is 3.50. The zero-order valence-electron chi connectivity index (χ0n) is 11.1. The summed E-state index contributed by atoms with van der Waals surface area (Å²) in [7, 11) is 2.00. The van der Waals surface area contributed by atoms with Gasteiger partial charge >= 0.3 is 0 Å². The highest BCUT2D eigenvalue weighted by molar-refractivity contribution is 6.30. The maximum Gasteiger partial charge on any atom is 0.183 e. The summed E-state index contributed by atoms with van der Waals surface area (Å²) in [6.45, 7) is 0. The van der Waals surface area contributed by atoms with Crippen molar-refractivity contribution in [3.05, 3.63) is 29.0 Å². The fourth-order valence-corrected chi connectivity index (χ4v) is 3.92. The molecule has 0 aliphatic heterocycles. The van der Waals surface area contributed by atoms with E-state index in [1.165, 1.54) is 25.7 Å². The zero-order valence-corrected chi connectivity index (χ0v) is 11.8. The number of rotatable bonds is 3. The van der Waals surface area contributed by atoms with E-state index in [9.17, 15) is 4.39 Å². The Labute approximate surface area is 118 Å². The molecule has 2 nitrogen and oxygen atoms in total. The molecule has 4 heteroatoms. The van der Waals surface area contributed by atoms with Crippen LogP contribution in [0.1, 0.15) is 32.1 Å². The number of hydrogen-bond acceptors (Lipinski definition) is 2. The highest BCUT2D eigenvalue weighted by atomic mass is 35.5. The molecule has 2 aliphatic carbocycles. The van der Waals surface area contributed by atoms with Crippen LogP contribution in [0, 0.1) is 11.2 Å². The molecule has 0 saturated heterocycles. The molecule has 3 rings (SSSR count). The minimum absolute atomic E-state index is 0.111. The maximum absolute atomic E-state index is 13.9. The molecule has 2 unspecified atom stereocenters. The number of benzene rings is 1. The maximum atomic E-state index is 13.9. The molecule has 0 bridgehead atoms. The highest BCUT2D eigenvalue weighted by Gasteiger charge is 2.57. The van der Waals surface area contributed by atoms with E-state index in [1.807, 2.05) is 7.05 Å². The van der Waals surface area contributed by atoms with Crippen LogP contribution in [0.2, 0.25) is 5.02 Å². The predicted octanol–water partition coefficient (Wildman–Crippen LogP) is 3.78.